The maximum atomic E-state index is 14.4. The molecule has 2 aliphatic heterocycles. The maximum absolute atomic E-state index is 14.4. The minimum atomic E-state index is -1.93. The first kappa shape index (κ1) is 33.9. The van der Waals surface area contributed by atoms with E-state index < -0.39 is 51.1 Å². The Kier molecular flexibility index (Phi) is 8.56. The highest BCUT2D eigenvalue weighted by molar-refractivity contribution is 6.53. The van der Waals surface area contributed by atoms with Crippen LogP contribution in [0.2, 0.25) is 0 Å². The van der Waals surface area contributed by atoms with Gasteiger partial charge in [0.25, 0.3) is 11.8 Å². The van der Waals surface area contributed by atoms with Crippen LogP contribution < -0.4 is 14.5 Å². The fourth-order valence-corrected chi connectivity index (χ4v) is 8.96. The summed E-state index contributed by atoms with van der Waals surface area (Å²) in [6.45, 7) is -0.266. The smallest absolute Gasteiger partial charge is 0.253 e. The van der Waals surface area contributed by atoms with Crippen molar-refractivity contribution in [3.8, 4) is 5.75 Å². The number of allylic oxidation sites excluding steroid dienone is 2. The summed E-state index contributed by atoms with van der Waals surface area (Å²) < 4.78 is 5.87. The molecule has 0 aromatic heterocycles. The summed E-state index contributed by atoms with van der Waals surface area (Å²) in [6, 6.07) is 21.2. The van der Waals surface area contributed by atoms with Gasteiger partial charge in [-0.25, -0.2) is 0 Å². The maximum Gasteiger partial charge on any atom is 0.253 e. The number of imide groups is 2. The molecule has 0 bridgehead atoms. The van der Waals surface area contributed by atoms with Crippen molar-refractivity contribution in [1.29, 1.82) is 0 Å². The van der Waals surface area contributed by atoms with Gasteiger partial charge in [0.1, 0.15) is 12.4 Å². The summed E-state index contributed by atoms with van der Waals surface area (Å²) in [5, 5.41) is 18.1. The van der Waals surface area contributed by atoms with E-state index >= 15 is 0 Å². The molecule has 13 heteroatoms. The number of rotatable bonds is 8. The predicted molar refractivity (Wildman–Crippen MR) is 188 cm³/mol. The zero-order valence-electron chi connectivity index (χ0n) is 27.6. The van der Waals surface area contributed by atoms with Crippen LogP contribution in [0.5, 0.6) is 5.75 Å². The van der Waals surface area contributed by atoms with Crippen molar-refractivity contribution in [2.24, 2.45) is 28.0 Å². The molecule has 4 aliphatic rings. The third-order valence-electron chi connectivity index (χ3n) is 10.3. The second kappa shape index (κ2) is 12.6. The Balaban J connectivity index is 1.22. The molecule has 3 aromatic carbocycles. The zero-order valence-corrected chi connectivity index (χ0v) is 29.1. The van der Waals surface area contributed by atoms with Crippen LogP contribution in [0.4, 0.5) is 22.7 Å². The summed E-state index contributed by atoms with van der Waals surface area (Å²) >= 11 is 14.6. The van der Waals surface area contributed by atoms with Crippen molar-refractivity contribution in [2.75, 3.05) is 44.2 Å². The first-order chi connectivity index (χ1) is 23.9. The molecule has 0 spiro atoms. The number of halogens is 2. The molecule has 6 atom stereocenters. The number of para-hydroxylation sites is 1. The average molecular weight is 717 g/mol. The molecule has 50 heavy (non-hydrogen) atoms. The number of fused-ring (bicyclic) bond motifs is 4. The van der Waals surface area contributed by atoms with E-state index in [-0.39, 0.29) is 32.0 Å². The summed E-state index contributed by atoms with van der Waals surface area (Å²) in [7, 11) is 5.26. The Morgan fingerprint density at radius 1 is 0.880 bits per heavy atom. The summed E-state index contributed by atoms with van der Waals surface area (Å²) in [6.07, 6.45) is 1.99. The fraction of sp³-hybridized carbons (Fsp3) is 0.351. The van der Waals surface area contributed by atoms with Crippen LogP contribution in [0.25, 0.3) is 0 Å². The topological polar surface area (TPSA) is 132 Å². The van der Waals surface area contributed by atoms with Gasteiger partial charge in [0.05, 0.1) is 35.5 Å². The van der Waals surface area contributed by atoms with Gasteiger partial charge in [-0.05, 0) is 73.4 Å². The van der Waals surface area contributed by atoms with E-state index in [0.29, 0.717) is 33.9 Å². The van der Waals surface area contributed by atoms with Crippen molar-refractivity contribution in [1.82, 2.24) is 4.90 Å². The Morgan fingerprint density at radius 3 is 2.16 bits per heavy atom. The molecule has 11 nitrogen and oxygen atoms in total. The normalized spacial score (nSPS) is 28.9. The van der Waals surface area contributed by atoms with Gasteiger partial charge in [0.2, 0.25) is 11.8 Å². The number of benzene rings is 3. The molecular weight excluding hydrogens is 681 g/mol. The Hall–Kier alpha value is -4.58. The highest BCUT2D eigenvalue weighted by Crippen LogP contribution is 2.66. The van der Waals surface area contributed by atoms with Crippen molar-refractivity contribution < 1.29 is 29.0 Å². The van der Waals surface area contributed by atoms with Crippen molar-refractivity contribution in [2.45, 2.75) is 28.5 Å². The number of alkyl halides is 2. The van der Waals surface area contributed by atoms with Crippen LogP contribution in [-0.2, 0) is 19.2 Å². The van der Waals surface area contributed by atoms with Gasteiger partial charge in [0.15, 0.2) is 9.75 Å². The minimum Gasteiger partial charge on any atom is -0.491 e. The molecule has 4 amide bonds. The highest BCUT2D eigenvalue weighted by atomic mass is 35.5. The number of nitrogens with zero attached hydrogens (tertiary/aromatic N) is 5. The van der Waals surface area contributed by atoms with Crippen LogP contribution in [-0.4, -0.2) is 77.7 Å². The van der Waals surface area contributed by atoms with Crippen LogP contribution >= 0.6 is 23.2 Å². The van der Waals surface area contributed by atoms with Gasteiger partial charge in [-0.1, -0.05) is 29.8 Å². The van der Waals surface area contributed by atoms with E-state index in [0.717, 1.165) is 10.6 Å². The second-order valence-corrected chi connectivity index (χ2v) is 14.5. The van der Waals surface area contributed by atoms with Gasteiger partial charge in [-0.2, -0.15) is 10.2 Å². The van der Waals surface area contributed by atoms with E-state index in [9.17, 15) is 24.3 Å². The molecular formula is C37H35Cl2N5O6. The number of amides is 4. The monoisotopic (exact) mass is 715 g/mol. The molecule has 1 saturated carbocycles. The molecule has 7 rings (SSSR count). The van der Waals surface area contributed by atoms with Gasteiger partial charge in [-0.3, -0.25) is 29.0 Å². The van der Waals surface area contributed by atoms with E-state index in [1.54, 1.807) is 48.5 Å². The number of anilines is 2. The van der Waals surface area contributed by atoms with Crippen LogP contribution in [0, 0.1) is 17.8 Å². The van der Waals surface area contributed by atoms with Gasteiger partial charge >= 0.3 is 0 Å². The number of carbonyl (C=O) groups excluding carboxylic acids is 4. The molecule has 1 N–H and O–H groups in total. The molecule has 0 radical (unpaired) electrons. The van der Waals surface area contributed by atoms with Gasteiger partial charge < -0.3 is 14.7 Å². The van der Waals surface area contributed by atoms with E-state index in [2.05, 4.69) is 10.2 Å². The third kappa shape index (κ3) is 5.05. The predicted octanol–water partition coefficient (Wildman–Crippen LogP) is 5.73. The van der Waals surface area contributed by atoms with Crippen molar-refractivity contribution in [3.63, 3.8) is 0 Å². The largest absolute Gasteiger partial charge is 0.491 e. The van der Waals surface area contributed by atoms with Crippen molar-refractivity contribution >= 4 is 69.6 Å². The van der Waals surface area contributed by atoms with Crippen LogP contribution in [0.1, 0.15) is 24.3 Å². The lowest BCUT2D eigenvalue weighted by Crippen LogP contribution is -2.60. The number of aliphatic hydroxyl groups is 1. The zero-order chi connectivity index (χ0) is 35.5. The number of ether oxygens (including phenoxy) is 1. The standard InChI is InChI=1S/C37H35Cl2N5O6/c1-42(2)23-12-8-21(9-13-23)40-41-22-10-14-24(15-11-22)44-32(46)27-17-16-25-28(30(27)33(44)47)20-36(38)34(48)43(3)35(49)37(36,39)31(25)26-6-4-5-7-29(26)50-19-18-45/h4-16,27-28,30-31,45H,17-20H2,1-3H3/t27-,28+,30-,31+,36+,37-/m0/s1. The third-order valence-corrected chi connectivity index (χ3v) is 11.8. The lowest BCUT2D eigenvalue weighted by Gasteiger charge is -2.51. The Bertz CT molecular complexity index is 1950. The van der Waals surface area contributed by atoms with Crippen LogP contribution in [0.3, 0.4) is 0 Å². The molecule has 2 aliphatic carbocycles. The average Bonchev–Trinajstić information content (AvgIpc) is 3.45. The second-order valence-electron chi connectivity index (χ2n) is 13.2. The minimum absolute atomic E-state index is 0.0169. The first-order valence-corrected chi connectivity index (χ1v) is 17.1. The van der Waals surface area contributed by atoms with E-state index in [1.807, 2.05) is 49.3 Å². The summed E-state index contributed by atoms with van der Waals surface area (Å²) in [5.74, 6) is -4.90. The lowest BCUT2D eigenvalue weighted by molar-refractivity contribution is -0.138. The molecule has 258 valence electrons. The molecule has 2 saturated heterocycles. The molecule has 3 aromatic rings. The fourth-order valence-electron chi connectivity index (χ4n) is 7.95. The van der Waals surface area contributed by atoms with E-state index in [1.165, 1.54) is 11.9 Å². The number of hydrogen-bond acceptors (Lipinski definition) is 9. The molecule has 2 heterocycles. The number of carbonyl (C=O) groups is 4. The van der Waals surface area contributed by atoms with Crippen LogP contribution in [0.15, 0.2) is 94.7 Å². The Morgan fingerprint density at radius 2 is 1.52 bits per heavy atom. The lowest BCUT2D eigenvalue weighted by atomic mass is 9.56. The van der Waals surface area contributed by atoms with Crippen molar-refractivity contribution in [3.05, 3.63) is 90.0 Å². The highest BCUT2D eigenvalue weighted by Gasteiger charge is 2.76. The summed E-state index contributed by atoms with van der Waals surface area (Å²) in [5.41, 5.74) is 3.80. The quantitative estimate of drug-likeness (QED) is 0.136. The number of likely N-dealkylation sites (tertiary alicyclic amines) is 1. The van der Waals surface area contributed by atoms with Gasteiger partial charge in [-0.15, -0.1) is 23.2 Å². The number of hydrogen-bond donors (Lipinski definition) is 1. The van der Waals surface area contributed by atoms with Gasteiger partial charge in [0, 0.05) is 38.3 Å². The SMILES string of the molecule is CN1C(=O)[C@]2(Cl)C[C@@H]3C(=CC[C@@H]4C(=O)N(c5ccc(N=Nc6ccc(N(C)C)cc6)cc5)C(=O)[C@@H]43)[C@H](c3ccccc3OCCO)[C@]2(Cl)C1=O. The Labute approximate surface area is 299 Å². The number of aliphatic hydroxyl groups excluding tert-OH is 1. The summed E-state index contributed by atoms with van der Waals surface area (Å²) in [4.78, 5) is 56.2. The molecule has 3 fully saturated rings. The first-order valence-electron chi connectivity index (χ1n) is 16.3. The number of azo groups is 1. The molecule has 0 unspecified atom stereocenters. The van der Waals surface area contributed by atoms with E-state index in [4.69, 9.17) is 27.9 Å².